The number of ether oxygens (including phenoxy) is 1. The van der Waals surface area contributed by atoms with Crippen molar-refractivity contribution in [1.82, 2.24) is 0 Å². The Balaban J connectivity index is 3.53. The molecule has 0 aromatic carbocycles. The van der Waals surface area contributed by atoms with Crippen LogP contribution in [0.1, 0.15) is 13.3 Å². The van der Waals surface area contributed by atoms with Crippen LogP contribution in [0.25, 0.3) is 0 Å². The summed E-state index contributed by atoms with van der Waals surface area (Å²) in [5, 5.41) is 0. The summed E-state index contributed by atoms with van der Waals surface area (Å²) in [5.74, 6) is 0.922. The van der Waals surface area contributed by atoms with Crippen molar-refractivity contribution in [3.05, 3.63) is 0 Å². The average Bonchev–Trinajstić information content (AvgIpc) is 2.14. The van der Waals surface area contributed by atoms with Crippen molar-refractivity contribution < 1.29 is 17.9 Å². The lowest BCUT2D eigenvalue weighted by Crippen LogP contribution is -2.17. The maximum atomic E-state index is 11.3. The zero-order valence-corrected chi connectivity index (χ0v) is 10.8. The molecular formula is C9H18O4S2. The number of rotatable bonds is 9. The van der Waals surface area contributed by atoms with Gasteiger partial charge in [-0.15, -0.1) is 0 Å². The standard InChI is InChI=1S/C9H18O4S2/c1-9(10)3-4-13-5-7-15(11,12)8-6-14-2/h3-8H2,1-2H3. The van der Waals surface area contributed by atoms with Gasteiger partial charge in [0.15, 0.2) is 9.84 Å². The van der Waals surface area contributed by atoms with Crippen LogP contribution in [0.2, 0.25) is 0 Å². The summed E-state index contributed by atoms with van der Waals surface area (Å²) >= 11 is 1.51. The molecule has 0 aliphatic carbocycles. The Hall–Kier alpha value is -0.0700. The highest BCUT2D eigenvalue weighted by atomic mass is 32.2. The second-order valence-corrected chi connectivity index (χ2v) is 6.50. The summed E-state index contributed by atoms with van der Waals surface area (Å²) < 4.78 is 27.7. The predicted octanol–water partition coefficient (Wildman–Crippen LogP) is 0.760. The highest BCUT2D eigenvalue weighted by molar-refractivity contribution is 8.00. The van der Waals surface area contributed by atoms with Crippen LogP contribution in [0.5, 0.6) is 0 Å². The molecule has 0 spiro atoms. The highest BCUT2D eigenvalue weighted by Crippen LogP contribution is 1.98. The number of thioether (sulfide) groups is 1. The Morgan fingerprint density at radius 3 is 2.47 bits per heavy atom. The van der Waals surface area contributed by atoms with E-state index >= 15 is 0 Å². The summed E-state index contributed by atoms with van der Waals surface area (Å²) in [7, 11) is -2.98. The van der Waals surface area contributed by atoms with Crippen molar-refractivity contribution in [3.8, 4) is 0 Å². The molecule has 0 aliphatic heterocycles. The Labute approximate surface area is 95.7 Å². The molecule has 90 valence electrons. The van der Waals surface area contributed by atoms with Gasteiger partial charge in [-0.1, -0.05) is 0 Å². The summed E-state index contributed by atoms with van der Waals surface area (Å²) in [6.07, 6.45) is 2.23. The largest absolute Gasteiger partial charge is 0.380 e. The molecular weight excluding hydrogens is 236 g/mol. The van der Waals surface area contributed by atoms with E-state index in [9.17, 15) is 13.2 Å². The van der Waals surface area contributed by atoms with E-state index in [4.69, 9.17) is 4.74 Å². The molecule has 0 radical (unpaired) electrons. The number of hydrogen-bond donors (Lipinski definition) is 0. The second kappa shape index (κ2) is 8.13. The quantitative estimate of drug-likeness (QED) is 0.569. The van der Waals surface area contributed by atoms with E-state index in [2.05, 4.69) is 0 Å². The van der Waals surface area contributed by atoms with Gasteiger partial charge in [0.1, 0.15) is 5.78 Å². The maximum Gasteiger partial charge on any atom is 0.153 e. The molecule has 0 atom stereocenters. The van der Waals surface area contributed by atoms with E-state index in [1.54, 1.807) is 0 Å². The summed E-state index contributed by atoms with van der Waals surface area (Å²) in [5.41, 5.74) is 0. The number of hydrogen-bond acceptors (Lipinski definition) is 5. The van der Waals surface area contributed by atoms with Crippen molar-refractivity contribution in [3.63, 3.8) is 0 Å². The first-order valence-electron chi connectivity index (χ1n) is 4.74. The van der Waals surface area contributed by atoms with Gasteiger partial charge in [0.2, 0.25) is 0 Å². The monoisotopic (exact) mass is 254 g/mol. The van der Waals surface area contributed by atoms with Crippen LogP contribution in [0.4, 0.5) is 0 Å². The number of Topliss-reactive ketones (excluding diaryl/α,β-unsaturated/α-hetero) is 1. The van der Waals surface area contributed by atoms with E-state index in [1.165, 1.54) is 18.7 Å². The van der Waals surface area contributed by atoms with Crippen LogP contribution in [-0.4, -0.2) is 50.9 Å². The minimum atomic E-state index is -2.98. The Morgan fingerprint density at radius 1 is 1.27 bits per heavy atom. The van der Waals surface area contributed by atoms with Crippen LogP contribution in [0.3, 0.4) is 0 Å². The van der Waals surface area contributed by atoms with Gasteiger partial charge in [-0.3, -0.25) is 4.79 Å². The van der Waals surface area contributed by atoms with Crippen LogP contribution < -0.4 is 0 Å². The Morgan fingerprint density at radius 2 is 1.93 bits per heavy atom. The van der Waals surface area contributed by atoms with Crippen molar-refractivity contribution in [2.75, 3.05) is 36.7 Å². The van der Waals surface area contributed by atoms with Crippen molar-refractivity contribution >= 4 is 27.4 Å². The predicted molar refractivity (Wildman–Crippen MR) is 63.2 cm³/mol. The van der Waals surface area contributed by atoms with Crippen LogP contribution >= 0.6 is 11.8 Å². The van der Waals surface area contributed by atoms with Gasteiger partial charge in [0.05, 0.1) is 24.7 Å². The van der Waals surface area contributed by atoms with E-state index < -0.39 is 9.84 Å². The summed E-state index contributed by atoms with van der Waals surface area (Å²) in [4.78, 5) is 10.5. The van der Waals surface area contributed by atoms with Crippen LogP contribution in [-0.2, 0) is 19.4 Å². The lowest BCUT2D eigenvalue weighted by atomic mass is 10.3. The zero-order valence-electron chi connectivity index (χ0n) is 9.19. The molecule has 0 unspecified atom stereocenters. The summed E-state index contributed by atoms with van der Waals surface area (Å²) in [6.45, 7) is 1.98. The first kappa shape index (κ1) is 14.9. The number of carbonyl (C=O) groups is 1. The molecule has 0 aromatic rings. The molecule has 6 heteroatoms. The molecule has 15 heavy (non-hydrogen) atoms. The van der Waals surface area contributed by atoms with E-state index in [1.807, 2.05) is 6.26 Å². The zero-order chi connectivity index (χ0) is 11.7. The molecule has 0 saturated heterocycles. The molecule has 0 fully saturated rings. The number of carbonyl (C=O) groups excluding carboxylic acids is 1. The van der Waals surface area contributed by atoms with Crippen molar-refractivity contribution in [1.29, 1.82) is 0 Å². The van der Waals surface area contributed by atoms with Gasteiger partial charge < -0.3 is 4.74 Å². The topological polar surface area (TPSA) is 60.4 Å². The number of ketones is 1. The minimum absolute atomic E-state index is 0.0471. The summed E-state index contributed by atoms with van der Waals surface area (Å²) in [6, 6.07) is 0. The fourth-order valence-corrected chi connectivity index (χ4v) is 3.07. The Bertz CT molecular complexity index is 272. The lowest BCUT2D eigenvalue weighted by molar-refractivity contribution is -0.118. The van der Waals surface area contributed by atoms with Gasteiger partial charge in [-0.2, -0.15) is 11.8 Å². The van der Waals surface area contributed by atoms with Crippen LogP contribution in [0.15, 0.2) is 0 Å². The SMILES string of the molecule is CSCCS(=O)(=O)CCOCCC(C)=O. The second-order valence-electron chi connectivity index (χ2n) is 3.21. The normalized spacial score (nSPS) is 11.6. The van der Waals surface area contributed by atoms with Crippen molar-refractivity contribution in [2.45, 2.75) is 13.3 Å². The fourth-order valence-electron chi connectivity index (χ4n) is 0.816. The average molecular weight is 254 g/mol. The maximum absolute atomic E-state index is 11.3. The van der Waals surface area contributed by atoms with E-state index in [0.717, 1.165) is 0 Å². The van der Waals surface area contributed by atoms with Gasteiger partial charge in [-0.25, -0.2) is 8.42 Å². The third-order valence-electron chi connectivity index (χ3n) is 1.74. The fraction of sp³-hybridized carbons (Fsp3) is 0.889. The molecule has 0 rings (SSSR count). The van der Waals surface area contributed by atoms with E-state index in [0.29, 0.717) is 18.8 Å². The molecule has 0 bridgehead atoms. The van der Waals surface area contributed by atoms with Gasteiger partial charge in [0.25, 0.3) is 0 Å². The lowest BCUT2D eigenvalue weighted by Gasteiger charge is -2.04. The Kier molecular flexibility index (Phi) is 8.09. The van der Waals surface area contributed by atoms with E-state index in [-0.39, 0.29) is 23.9 Å². The first-order valence-corrected chi connectivity index (χ1v) is 7.96. The van der Waals surface area contributed by atoms with Gasteiger partial charge in [-0.05, 0) is 13.2 Å². The smallest absolute Gasteiger partial charge is 0.153 e. The number of sulfone groups is 1. The first-order chi connectivity index (χ1) is 6.98. The molecule has 4 nitrogen and oxygen atoms in total. The molecule has 0 saturated carbocycles. The minimum Gasteiger partial charge on any atom is -0.380 e. The molecule has 0 amide bonds. The van der Waals surface area contributed by atoms with Gasteiger partial charge in [0, 0.05) is 12.2 Å². The van der Waals surface area contributed by atoms with Gasteiger partial charge >= 0.3 is 0 Å². The van der Waals surface area contributed by atoms with Crippen molar-refractivity contribution in [2.24, 2.45) is 0 Å². The molecule has 0 heterocycles. The highest BCUT2D eigenvalue weighted by Gasteiger charge is 2.09. The third-order valence-corrected chi connectivity index (χ3v) is 4.22. The van der Waals surface area contributed by atoms with Crippen LogP contribution in [0, 0.1) is 0 Å². The molecule has 0 N–H and O–H groups in total. The molecule has 0 aliphatic rings. The third kappa shape index (κ3) is 10.2. The molecule has 0 aromatic heterocycles.